The monoisotopic (exact) mass is 577 g/mol. The summed E-state index contributed by atoms with van der Waals surface area (Å²) in [5, 5.41) is 0. The molecule has 2 aliphatic heterocycles. The van der Waals surface area contributed by atoms with Crippen LogP contribution >= 0.6 is 11.8 Å². The molecule has 5 rings (SSSR count). The fraction of sp³-hybridized carbons (Fsp3) is 0.567. The Bertz CT molecular complexity index is 1130. The van der Waals surface area contributed by atoms with Gasteiger partial charge in [0.25, 0.3) is 0 Å². The average Bonchev–Trinajstić information content (AvgIpc) is 2.96. The number of hydrogen-bond donors (Lipinski definition) is 0. The molecule has 1 aliphatic carbocycles. The van der Waals surface area contributed by atoms with Crippen molar-refractivity contribution in [2.45, 2.75) is 60.6 Å². The number of carbonyl (C=O) groups is 1. The molecular formula is C30H38F3N3O3S. The molecule has 10 heteroatoms. The number of alkyl halides is 3. The lowest BCUT2D eigenvalue weighted by Crippen LogP contribution is -2.47. The van der Waals surface area contributed by atoms with Gasteiger partial charge < -0.3 is 19.3 Å². The lowest BCUT2D eigenvalue weighted by atomic mass is 9.98. The van der Waals surface area contributed by atoms with Crippen molar-refractivity contribution >= 4 is 29.1 Å². The second kappa shape index (κ2) is 13.6. The van der Waals surface area contributed by atoms with E-state index in [0.717, 1.165) is 67.5 Å². The Kier molecular flexibility index (Phi) is 9.93. The van der Waals surface area contributed by atoms with Crippen molar-refractivity contribution in [1.29, 1.82) is 0 Å². The summed E-state index contributed by atoms with van der Waals surface area (Å²) >= 11 is 1.52. The number of carbonyl (C=O) groups excluding carboxylic acids is 1. The van der Waals surface area contributed by atoms with E-state index in [2.05, 4.69) is 9.80 Å². The molecule has 1 saturated carbocycles. The van der Waals surface area contributed by atoms with Gasteiger partial charge in [-0.1, -0.05) is 43.2 Å². The molecular weight excluding hydrogens is 539 g/mol. The smallest absolute Gasteiger partial charge is 0.416 e. The number of halogens is 3. The van der Waals surface area contributed by atoms with Crippen molar-refractivity contribution in [3.63, 3.8) is 0 Å². The third kappa shape index (κ3) is 7.72. The quantitative estimate of drug-likeness (QED) is 0.311. The van der Waals surface area contributed by atoms with Crippen LogP contribution in [0.2, 0.25) is 0 Å². The number of benzene rings is 2. The van der Waals surface area contributed by atoms with Crippen LogP contribution in [0.5, 0.6) is 0 Å². The summed E-state index contributed by atoms with van der Waals surface area (Å²) in [6.45, 7) is 6.28. The van der Waals surface area contributed by atoms with Gasteiger partial charge in [0.05, 0.1) is 23.0 Å². The predicted molar refractivity (Wildman–Crippen MR) is 150 cm³/mol. The Morgan fingerprint density at radius 3 is 2.33 bits per heavy atom. The first-order chi connectivity index (χ1) is 19.4. The minimum absolute atomic E-state index is 0.0423. The fourth-order valence-corrected chi connectivity index (χ4v) is 6.76. The average molecular weight is 578 g/mol. The first kappa shape index (κ1) is 29.2. The maximum Gasteiger partial charge on any atom is 0.416 e. The Morgan fingerprint density at radius 1 is 0.875 bits per heavy atom. The Morgan fingerprint density at radius 2 is 1.57 bits per heavy atom. The van der Waals surface area contributed by atoms with Crippen LogP contribution in [0.15, 0.2) is 52.3 Å². The number of para-hydroxylation sites is 1. The van der Waals surface area contributed by atoms with E-state index in [9.17, 15) is 18.0 Å². The molecule has 3 aliphatic rings. The van der Waals surface area contributed by atoms with Crippen LogP contribution in [-0.2, 0) is 20.4 Å². The molecule has 0 radical (unpaired) electrons. The van der Waals surface area contributed by atoms with Crippen LogP contribution in [0.4, 0.5) is 24.5 Å². The van der Waals surface area contributed by atoms with Crippen LogP contribution in [0, 0.1) is 0 Å². The predicted octanol–water partition coefficient (Wildman–Crippen LogP) is 6.21. The van der Waals surface area contributed by atoms with Crippen LogP contribution in [0.1, 0.15) is 44.1 Å². The zero-order chi connectivity index (χ0) is 28.0. The second-order valence-corrected chi connectivity index (χ2v) is 11.8. The number of rotatable bonds is 10. The number of ether oxygens (including phenoxy) is 2. The van der Waals surface area contributed by atoms with E-state index in [1.165, 1.54) is 43.2 Å². The van der Waals surface area contributed by atoms with Gasteiger partial charge in [0.1, 0.15) is 13.2 Å². The molecule has 0 aromatic heterocycles. The first-order valence-electron chi connectivity index (χ1n) is 14.3. The molecule has 0 spiro atoms. The van der Waals surface area contributed by atoms with Gasteiger partial charge in [-0.15, -0.1) is 0 Å². The second-order valence-electron chi connectivity index (χ2n) is 10.7. The highest BCUT2D eigenvalue weighted by Gasteiger charge is 2.33. The van der Waals surface area contributed by atoms with Crippen molar-refractivity contribution in [2.24, 2.45) is 0 Å². The van der Waals surface area contributed by atoms with Gasteiger partial charge in [0.2, 0.25) is 0 Å². The first-order valence-corrected chi connectivity index (χ1v) is 15.2. The molecule has 1 saturated heterocycles. The Balaban J connectivity index is 1.05. The summed E-state index contributed by atoms with van der Waals surface area (Å²) < 4.78 is 51.5. The van der Waals surface area contributed by atoms with E-state index in [1.54, 1.807) is 6.07 Å². The molecule has 0 N–H and O–H groups in total. The van der Waals surface area contributed by atoms with Crippen molar-refractivity contribution in [3.8, 4) is 0 Å². The third-order valence-corrected chi connectivity index (χ3v) is 9.06. The van der Waals surface area contributed by atoms with Crippen molar-refractivity contribution in [3.05, 3.63) is 48.0 Å². The molecule has 0 bridgehead atoms. The van der Waals surface area contributed by atoms with Crippen LogP contribution < -0.4 is 4.90 Å². The molecule has 2 heterocycles. The SMILES string of the molecule is O=C(COC1CCCCC1)OCCN1CCN(CCCN2c3ccccc3Sc3ccc(C(F)(F)F)cc32)CC1. The minimum Gasteiger partial charge on any atom is -0.463 e. The highest BCUT2D eigenvalue weighted by molar-refractivity contribution is 7.99. The minimum atomic E-state index is -4.37. The maximum absolute atomic E-state index is 13.5. The van der Waals surface area contributed by atoms with Gasteiger partial charge in [0.15, 0.2) is 0 Å². The van der Waals surface area contributed by atoms with Crippen molar-refractivity contribution in [2.75, 3.05) is 63.9 Å². The van der Waals surface area contributed by atoms with Crippen molar-refractivity contribution in [1.82, 2.24) is 9.80 Å². The topological polar surface area (TPSA) is 45.3 Å². The van der Waals surface area contributed by atoms with Gasteiger partial charge in [-0.3, -0.25) is 4.90 Å². The summed E-state index contributed by atoms with van der Waals surface area (Å²) in [6, 6.07) is 11.9. The highest BCUT2D eigenvalue weighted by atomic mass is 32.2. The Hall–Kier alpha value is -2.27. The standard InChI is InChI=1S/C30H38F3N3O3S/c31-30(32,33)23-11-12-28-26(21-23)36(25-9-4-5-10-27(25)40-28)14-6-13-34-15-17-35(18-16-34)19-20-38-29(37)22-39-24-7-2-1-3-8-24/h4-5,9-12,21,24H,1-3,6-8,13-20,22H2. The molecule has 0 atom stereocenters. The van der Waals surface area contributed by atoms with E-state index >= 15 is 0 Å². The van der Waals surface area contributed by atoms with E-state index in [1.807, 2.05) is 29.2 Å². The van der Waals surface area contributed by atoms with E-state index in [-0.39, 0.29) is 18.7 Å². The molecule has 2 fully saturated rings. The summed E-state index contributed by atoms with van der Waals surface area (Å²) in [5.41, 5.74) is 0.972. The van der Waals surface area contributed by atoms with Gasteiger partial charge in [-0.05, 0) is 56.1 Å². The number of anilines is 2. The Labute approximate surface area is 238 Å². The number of piperazine rings is 1. The summed E-state index contributed by atoms with van der Waals surface area (Å²) in [4.78, 5) is 20.7. The van der Waals surface area contributed by atoms with E-state index < -0.39 is 11.7 Å². The molecule has 40 heavy (non-hydrogen) atoms. The lowest BCUT2D eigenvalue weighted by Gasteiger charge is -2.36. The molecule has 6 nitrogen and oxygen atoms in total. The summed E-state index contributed by atoms with van der Waals surface area (Å²) in [5.74, 6) is -0.286. The summed E-state index contributed by atoms with van der Waals surface area (Å²) in [6.07, 6.45) is 2.34. The largest absolute Gasteiger partial charge is 0.463 e. The normalized spacial score (nSPS) is 18.8. The highest BCUT2D eigenvalue weighted by Crippen LogP contribution is 2.49. The summed E-state index contributed by atoms with van der Waals surface area (Å²) in [7, 11) is 0. The van der Waals surface area contributed by atoms with Gasteiger partial charge in [-0.25, -0.2) is 4.79 Å². The van der Waals surface area contributed by atoms with E-state index in [4.69, 9.17) is 9.47 Å². The van der Waals surface area contributed by atoms with Crippen LogP contribution in [-0.4, -0.2) is 80.9 Å². The van der Waals surface area contributed by atoms with Crippen LogP contribution in [0.3, 0.4) is 0 Å². The molecule has 0 amide bonds. The van der Waals surface area contributed by atoms with Crippen molar-refractivity contribution < 1.29 is 27.4 Å². The molecule has 2 aromatic rings. The third-order valence-electron chi connectivity index (χ3n) is 7.93. The lowest BCUT2D eigenvalue weighted by molar-refractivity contribution is -0.152. The number of nitrogens with zero attached hydrogens (tertiary/aromatic N) is 3. The molecule has 2 aromatic carbocycles. The molecule has 0 unspecified atom stereocenters. The zero-order valence-electron chi connectivity index (χ0n) is 22.8. The fourth-order valence-electron chi connectivity index (χ4n) is 5.68. The number of esters is 1. The molecule has 218 valence electrons. The van der Waals surface area contributed by atoms with Crippen LogP contribution in [0.25, 0.3) is 0 Å². The number of hydrogen-bond acceptors (Lipinski definition) is 7. The zero-order valence-corrected chi connectivity index (χ0v) is 23.7. The number of fused-ring (bicyclic) bond motifs is 2. The maximum atomic E-state index is 13.5. The van der Waals surface area contributed by atoms with E-state index in [0.29, 0.717) is 25.4 Å². The van der Waals surface area contributed by atoms with Gasteiger partial charge in [0, 0.05) is 49.1 Å². The van der Waals surface area contributed by atoms with Gasteiger partial charge in [-0.2, -0.15) is 13.2 Å². The van der Waals surface area contributed by atoms with Gasteiger partial charge >= 0.3 is 12.1 Å².